The standard InChI is InChI=1S/C21H33NO5/c1-5-25-18-14-17(15-19(26-6-2)20(18)27-7-3)21(23)22(4)11-8-16-9-12-24-13-10-16/h14-16H,5-13H2,1-4H3. The first-order valence-electron chi connectivity index (χ1n) is 10.00. The molecule has 6 heteroatoms. The van der Waals surface area contributed by atoms with Crippen LogP contribution in [0.25, 0.3) is 0 Å². The predicted octanol–water partition coefficient (Wildman–Crippen LogP) is 3.77. The van der Waals surface area contributed by atoms with Crippen LogP contribution in [0.5, 0.6) is 17.2 Å². The SMILES string of the molecule is CCOc1cc(C(=O)N(C)CCC2CCOCC2)cc(OCC)c1OCC. The summed E-state index contributed by atoms with van der Waals surface area (Å²) in [5.41, 5.74) is 0.555. The zero-order valence-corrected chi connectivity index (χ0v) is 17.1. The van der Waals surface area contributed by atoms with Crippen molar-refractivity contribution >= 4 is 5.91 Å². The molecule has 1 saturated heterocycles. The van der Waals surface area contributed by atoms with Crippen molar-refractivity contribution in [2.45, 2.75) is 40.0 Å². The lowest BCUT2D eigenvalue weighted by atomic mass is 9.96. The molecule has 1 aromatic rings. The average Bonchev–Trinajstić information content (AvgIpc) is 2.69. The van der Waals surface area contributed by atoms with Crippen LogP contribution < -0.4 is 14.2 Å². The van der Waals surface area contributed by atoms with E-state index in [0.717, 1.165) is 39.0 Å². The van der Waals surface area contributed by atoms with Crippen LogP contribution in [0, 0.1) is 5.92 Å². The molecule has 0 N–H and O–H groups in total. The summed E-state index contributed by atoms with van der Waals surface area (Å²) >= 11 is 0. The number of benzene rings is 1. The minimum absolute atomic E-state index is 0.0352. The topological polar surface area (TPSA) is 57.2 Å². The Morgan fingerprint density at radius 3 is 2.11 bits per heavy atom. The largest absolute Gasteiger partial charge is 0.490 e. The molecule has 0 radical (unpaired) electrons. The molecule has 0 aromatic heterocycles. The predicted molar refractivity (Wildman–Crippen MR) is 105 cm³/mol. The van der Waals surface area contributed by atoms with E-state index in [2.05, 4.69) is 0 Å². The molecule has 6 nitrogen and oxygen atoms in total. The van der Waals surface area contributed by atoms with E-state index < -0.39 is 0 Å². The number of rotatable bonds is 10. The average molecular weight is 379 g/mol. The number of amides is 1. The Kier molecular flexibility index (Phi) is 8.72. The summed E-state index contributed by atoms with van der Waals surface area (Å²) in [7, 11) is 1.85. The lowest BCUT2D eigenvalue weighted by molar-refractivity contribution is 0.0583. The maximum absolute atomic E-state index is 12.9. The van der Waals surface area contributed by atoms with Crippen molar-refractivity contribution in [3.8, 4) is 17.2 Å². The molecule has 1 amide bonds. The summed E-state index contributed by atoms with van der Waals surface area (Å²) in [6, 6.07) is 3.51. The molecule has 152 valence electrons. The second-order valence-electron chi connectivity index (χ2n) is 6.67. The molecule has 1 heterocycles. The molecule has 0 unspecified atom stereocenters. The van der Waals surface area contributed by atoms with Gasteiger partial charge in [-0.25, -0.2) is 0 Å². The summed E-state index contributed by atoms with van der Waals surface area (Å²) < 4.78 is 22.5. The van der Waals surface area contributed by atoms with Gasteiger partial charge in [0.05, 0.1) is 19.8 Å². The van der Waals surface area contributed by atoms with Crippen molar-refractivity contribution in [2.75, 3.05) is 46.6 Å². The highest BCUT2D eigenvalue weighted by atomic mass is 16.5. The summed E-state index contributed by atoms with van der Waals surface area (Å²) in [6.07, 6.45) is 3.15. The van der Waals surface area contributed by atoms with E-state index in [1.54, 1.807) is 17.0 Å². The van der Waals surface area contributed by atoms with Crippen LogP contribution in [0.1, 0.15) is 50.4 Å². The summed E-state index contributed by atoms with van der Waals surface area (Å²) in [4.78, 5) is 14.7. The van der Waals surface area contributed by atoms with Crippen LogP contribution in [-0.4, -0.2) is 57.4 Å². The number of carbonyl (C=O) groups excluding carboxylic acids is 1. The Labute approximate surface area is 162 Å². The van der Waals surface area contributed by atoms with Crippen LogP contribution >= 0.6 is 0 Å². The Bertz CT molecular complexity index is 571. The van der Waals surface area contributed by atoms with Gasteiger partial charge >= 0.3 is 0 Å². The van der Waals surface area contributed by atoms with Gasteiger partial charge in [0.15, 0.2) is 11.5 Å². The maximum atomic E-state index is 12.9. The molecular formula is C21H33NO5. The molecule has 0 spiro atoms. The second-order valence-corrected chi connectivity index (χ2v) is 6.67. The van der Waals surface area contributed by atoms with Gasteiger partial charge in [0.2, 0.25) is 5.75 Å². The Morgan fingerprint density at radius 2 is 1.59 bits per heavy atom. The highest BCUT2D eigenvalue weighted by Gasteiger charge is 2.21. The highest BCUT2D eigenvalue weighted by molar-refractivity contribution is 5.95. The first-order chi connectivity index (χ1) is 13.1. The van der Waals surface area contributed by atoms with E-state index in [0.29, 0.717) is 48.6 Å². The molecule has 1 fully saturated rings. The van der Waals surface area contributed by atoms with E-state index >= 15 is 0 Å². The molecule has 2 rings (SSSR count). The zero-order valence-electron chi connectivity index (χ0n) is 17.1. The third kappa shape index (κ3) is 6.03. The Balaban J connectivity index is 2.14. The number of nitrogens with zero attached hydrogens (tertiary/aromatic N) is 1. The molecule has 1 aliphatic heterocycles. The minimum atomic E-state index is -0.0352. The molecule has 0 saturated carbocycles. The lowest BCUT2D eigenvalue weighted by Gasteiger charge is -2.25. The van der Waals surface area contributed by atoms with Gasteiger partial charge in [-0.1, -0.05) is 0 Å². The number of carbonyl (C=O) groups is 1. The smallest absolute Gasteiger partial charge is 0.253 e. The fourth-order valence-corrected chi connectivity index (χ4v) is 3.25. The maximum Gasteiger partial charge on any atom is 0.253 e. The van der Waals surface area contributed by atoms with Crippen molar-refractivity contribution in [2.24, 2.45) is 5.92 Å². The Morgan fingerprint density at radius 1 is 1.04 bits per heavy atom. The molecular weight excluding hydrogens is 346 g/mol. The van der Waals surface area contributed by atoms with Gasteiger partial charge < -0.3 is 23.8 Å². The van der Waals surface area contributed by atoms with Crippen LogP contribution in [-0.2, 0) is 4.74 Å². The van der Waals surface area contributed by atoms with E-state index in [1.807, 2.05) is 27.8 Å². The van der Waals surface area contributed by atoms with Crippen molar-refractivity contribution in [1.29, 1.82) is 0 Å². The quantitative estimate of drug-likeness (QED) is 0.619. The molecule has 27 heavy (non-hydrogen) atoms. The lowest BCUT2D eigenvalue weighted by Crippen LogP contribution is -2.30. The van der Waals surface area contributed by atoms with E-state index in [-0.39, 0.29) is 5.91 Å². The van der Waals surface area contributed by atoms with Gasteiger partial charge in [0, 0.05) is 32.4 Å². The molecule has 1 aliphatic rings. The zero-order chi connectivity index (χ0) is 19.6. The second kappa shape index (κ2) is 11.0. The molecule has 1 aromatic carbocycles. The molecule has 0 aliphatic carbocycles. The van der Waals surface area contributed by atoms with Gasteiger partial charge in [-0.15, -0.1) is 0 Å². The van der Waals surface area contributed by atoms with Crippen molar-refractivity contribution in [1.82, 2.24) is 4.90 Å². The van der Waals surface area contributed by atoms with E-state index in [1.165, 1.54) is 0 Å². The monoisotopic (exact) mass is 379 g/mol. The van der Waals surface area contributed by atoms with Gasteiger partial charge in [0.25, 0.3) is 5.91 Å². The van der Waals surface area contributed by atoms with E-state index in [9.17, 15) is 4.79 Å². The van der Waals surface area contributed by atoms with Crippen LogP contribution in [0.2, 0.25) is 0 Å². The summed E-state index contributed by atoms with van der Waals surface area (Å²) in [6.45, 7) is 9.59. The highest BCUT2D eigenvalue weighted by Crippen LogP contribution is 2.39. The van der Waals surface area contributed by atoms with Crippen LogP contribution in [0.15, 0.2) is 12.1 Å². The number of ether oxygens (including phenoxy) is 4. The van der Waals surface area contributed by atoms with Gasteiger partial charge in [-0.2, -0.15) is 0 Å². The first kappa shape index (κ1) is 21.4. The minimum Gasteiger partial charge on any atom is -0.490 e. The van der Waals surface area contributed by atoms with Crippen LogP contribution in [0.4, 0.5) is 0 Å². The van der Waals surface area contributed by atoms with Gasteiger partial charge in [0.1, 0.15) is 0 Å². The number of hydrogen-bond acceptors (Lipinski definition) is 5. The summed E-state index contributed by atoms with van der Waals surface area (Å²) in [5, 5.41) is 0. The third-order valence-corrected chi connectivity index (χ3v) is 4.72. The molecule has 0 atom stereocenters. The van der Waals surface area contributed by atoms with Crippen molar-refractivity contribution in [3.05, 3.63) is 17.7 Å². The fourth-order valence-electron chi connectivity index (χ4n) is 3.25. The Hall–Kier alpha value is -1.95. The van der Waals surface area contributed by atoms with Crippen molar-refractivity contribution < 1.29 is 23.7 Å². The third-order valence-electron chi connectivity index (χ3n) is 4.72. The van der Waals surface area contributed by atoms with Crippen molar-refractivity contribution in [3.63, 3.8) is 0 Å². The number of hydrogen-bond donors (Lipinski definition) is 0. The van der Waals surface area contributed by atoms with Crippen LogP contribution in [0.3, 0.4) is 0 Å². The van der Waals surface area contributed by atoms with E-state index in [4.69, 9.17) is 18.9 Å². The molecule has 0 bridgehead atoms. The first-order valence-corrected chi connectivity index (χ1v) is 10.00. The summed E-state index contributed by atoms with van der Waals surface area (Å²) in [5.74, 6) is 2.25. The van der Waals surface area contributed by atoms with Gasteiger partial charge in [-0.3, -0.25) is 4.79 Å². The normalized spacial score (nSPS) is 14.7. The fraction of sp³-hybridized carbons (Fsp3) is 0.667. The van der Waals surface area contributed by atoms with Gasteiger partial charge in [-0.05, 0) is 58.1 Å².